The van der Waals surface area contributed by atoms with Gasteiger partial charge in [0, 0.05) is 10.4 Å². The Hall–Kier alpha value is -1.26. The van der Waals surface area contributed by atoms with E-state index in [1.54, 1.807) is 11.3 Å². The molecular weight excluding hydrogens is 212 g/mol. The van der Waals surface area contributed by atoms with Gasteiger partial charge in [-0.05, 0) is 29.0 Å². The lowest BCUT2D eigenvalue weighted by atomic mass is 10.1. The number of aromatic nitrogens is 2. The van der Waals surface area contributed by atoms with Crippen LogP contribution in [0, 0.1) is 0 Å². The highest BCUT2D eigenvalue weighted by Crippen LogP contribution is 2.31. The van der Waals surface area contributed by atoms with Crippen LogP contribution in [-0.2, 0) is 0 Å². The van der Waals surface area contributed by atoms with Crippen molar-refractivity contribution in [2.75, 3.05) is 0 Å². The molecule has 0 aliphatic carbocycles. The Morgan fingerprint density at radius 3 is 2.93 bits per heavy atom. The number of fused-ring (bicyclic) bond motifs is 1. The van der Waals surface area contributed by atoms with Crippen molar-refractivity contribution in [2.45, 2.75) is 0 Å². The highest BCUT2D eigenvalue weighted by atomic mass is 32.1. The van der Waals surface area contributed by atoms with Gasteiger partial charge in [-0.1, -0.05) is 22.7 Å². The first kappa shape index (κ1) is 8.08. The summed E-state index contributed by atoms with van der Waals surface area (Å²) < 4.78 is 5.12. The van der Waals surface area contributed by atoms with E-state index in [-0.39, 0.29) is 0 Å². The van der Waals surface area contributed by atoms with Crippen LogP contribution >= 0.6 is 22.9 Å². The number of rotatable bonds is 1. The van der Waals surface area contributed by atoms with Gasteiger partial charge < -0.3 is 0 Å². The number of hydrogen-bond donors (Lipinski definition) is 0. The second-order valence-corrected chi connectivity index (χ2v) is 4.64. The second-order valence-electron chi connectivity index (χ2n) is 2.90. The molecule has 3 aromatic rings. The first-order valence-electron chi connectivity index (χ1n) is 4.20. The van der Waals surface area contributed by atoms with Crippen LogP contribution in [0.4, 0.5) is 0 Å². The molecule has 0 unspecified atom stereocenters. The fraction of sp³-hybridized carbons (Fsp3) is 0. The highest BCUT2D eigenvalue weighted by molar-refractivity contribution is 7.14. The smallest absolute Gasteiger partial charge is 0.114 e. The molecule has 0 fully saturated rings. The number of nitrogens with zero attached hydrogens (tertiary/aromatic N) is 2. The summed E-state index contributed by atoms with van der Waals surface area (Å²) in [6.07, 6.45) is 0. The zero-order valence-electron chi connectivity index (χ0n) is 7.18. The summed E-state index contributed by atoms with van der Waals surface area (Å²) in [5.74, 6) is 0. The summed E-state index contributed by atoms with van der Waals surface area (Å²) in [5, 5.41) is 6.23. The average molecular weight is 218 g/mol. The van der Waals surface area contributed by atoms with Gasteiger partial charge in [-0.2, -0.15) is 0 Å². The Bertz CT molecular complexity index is 554. The van der Waals surface area contributed by atoms with Gasteiger partial charge in [0.05, 0.1) is 4.70 Å². The van der Waals surface area contributed by atoms with Gasteiger partial charge in [-0.15, -0.1) is 16.4 Å². The molecule has 0 saturated carbocycles. The SMILES string of the molecule is c1csc(-c2cccc3snnc23)c1. The van der Waals surface area contributed by atoms with E-state index in [2.05, 4.69) is 45.3 Å². The Kier molecular flexibility index (Phi) is 1.82. The van der Waals surface area contributed by atoms with Gasteiger partial charge in [0.2, 0.25) is 0 Å². The molecule has 1 aromatic carbocycles. The highest BCUT2D eigenvalue weighted by Gasteiger charge is 2.06. The fourth-order valence-electron chi connectivity index (χ4n) is 1.44. The Morgan fingerprint density at radius 1 is 1.07 bits per heavy atom. The zero-order valence-corrected chi connectivity index (χ0v) is 8.81. The van der Waals surface area contributed by atoms with Crippen molar-refractivity contribution in [3.8, 4) is 10.4 Å². The maximum atomic E-state index is 4.15. The van der Waals surface area contributed by atoms with Gasteiger partial charge >= 0.3 is 0 Å². The molecule has 0 aliphatic rings. The van der Waals surface area contributed by atoms with Gasteiger partial charge in [-0.3, -0.25) is 0 Å². The van der Waals surface area contributed by atoms with Gasteiger partial charge in [-0.25, -0.2) is 0 Å². The fourth-order valence-corrected chi connectivity index (χ4v) is 2.77. The summed E-state index contributed by atoms with van der Waals surface area (Å²) in [6, 6.07) is 10.4. The van der Waals surface area contributed by atoms with Crippen LogP contribution in [0.3, 0.4) is 0 Å². The minimum Gasteiger partial charge on any atom is -0.144 e. The predicted molar refractivity (Wildman–Crippen MR) is 60.7 cm³/mol. The molecule has 0 N–H and O–H groups in total. The monoisotopic (exact) mass is 218 g/mol. The molecule has 0 atom stereocenters. The van der Waals surface area contributed by atoms with E-state index in [0.29, 0.717) is 0 Å². The molecule has 0 saturated heterocycles. The summed E-state index contributed by atoms with van der Waals surface area (Å²) in [7, 11) is 0. The van der Waals surface area contributed by atoms with Crippen LogP contribution in [0.25, 0.3) is 20.7 Å². The third-order valence-electron chi connectivity index (χ3n) is 2.07. The summed E-state index contributed by atoms with van der Waals surface area (Å²) in [4.78, 5) is 1.25. The minimum atomic E-state index is 1.01. The largest absolute Gasteiger partial charge is 0.144 e. The third kappa shape index (κ3) is 1.15. The summed E-state index contributed by atoms with van der Waals surface area (Å²) in [5.41, 5.74) is 2.20. The van der Waals surface area contributed by atoms with Crippen molar-refractivity contribution < 1.29 is 0 Å². The molecule has 2 nitrogen and oxygen atoms in total. The number of benzene rings is 1. The first-order valence-corrected chi connectivity index (χ1v) is 5.85. The molecule has 68 valence electrons. The molecule has 4 heteroatoms. The summed E-state index contributed by atoms with van der Waals surface area (Å²) in [6.45, 7) is 0. The van der Waals surface area contributed by atoms with Crippen molar-refractivity contribution in [1.82, 2.24) is 9.59 Å². The van der Waals surface area contributed by atoms with Gasteiger partial charge in [0.15, 0.2) is 0 Å². The van der Waals surface area contributed by atoms with E-state index in [9.17, 15) is 0 Å². The molecule has 0 aliphatic heterocycles. The van der Waals surface area contributed by atoms with E-state index in [4.69, 9.17) is 0 Å². The van der Waals surface area contributed by atoms with Crippen molar-refractivity contribution in [1.29, 1.82) is 0 Å². The second kappa shape index (κ2) is 3.15. The predicted octanol–water partition coefficient (Wildman–Crippen LogP) is 3.42. The molecule has 2 aromatic heterocycles. The number of thiophene rings is 1. The normalized spacial score (nSPS) is 10.9. The molecule has 3 rings (SSSR count). The van der Waals surface area contributed by atoms with E-state index < -0.39 is 0 Å². The van der Waals surface area contributed by atoms with Crippen LogP contribution in [0.2, 0.25) is 0 Å². The van der Waals surface area contributed by atoms with Crippen molar-refractivity contribution >= 4 is 33.1 Å². The minimum absolute atomic E-state index is 1.01. The van der Waals surface area contributed by atoms with Crippen LogP contribution in [-0.4, -0.2) is 9.59 Å². The van der Waals surface area contributed by atoms with Gasteiger partial charge in [0.1, 0.15) is 5.52 Å². The van der Waals surface area contributed by atoms with E-state index >= 15 is 0 Å². The van der Waals surface area contributed by atoms with E-state index in [1.165, 1.54) is 22.0 Å². The lowest BCUT2D eigenvalue weighted by molar-refractivity contribution is 1.20. The molecule has 2 heterocycles. The van der Waals surface area contributed by atoms with Crippen LogP contribution in [0.5, 0.6) is 0 Å². The lowest BCUT2D eigenvalue weighted by Gasteiger charge is -1.96. The Morgan fingerprint density at radius 2 is 2.07 bits per heavy atom. The molecule has 0 radical (unpaired) electrons. The molecule has 0 spiro atoms. The Balaban J connectivity index is 2.36. The molecule has 0 amide bonds. The van der Waals surface area contributed by atoms with E-state index in [1.807, 2.05) is 0 Å². The summed E-state index contributed by atoms with van der Waals surface area (Å²) >= 11 is 3.17. The van der Waals surface area contributed by atoms with Gasteiger partial charge in [0.25, 0.3) is 0 Å². The quantitative estimate of drug-likeness (QED) is 0.625. The lowest BCUT2D eigenvalue weighted by Crippen LogP contribution is -1.75. The van der Waals surface area contributed by atoms with Crippen LogP contribution in [0.15, 0.2) is 35.7 Å². The number of hydrogen-bond acceptors (Lipinski definition) is 4. The van der Waals surface area contributed by atoms with Crippen LogP contribution in [0.1, 0.15) is 0 Å². The first-order chi connectivity index (χ1) is 6.95. The van der Waals surface area contributed by atoms with E-state index in [0.717, 1.165) is 10.2 Å². The molecular formula is C10H6N2S2. The van der Waals surface area contributed by atoms with Crippen molar-refractivity contribution in [2.24, 2.45) is 0 Å². The zero-order chi connectivity index (χ0) is 9.38. The maximum absolute atomic E-state index is 4.15. The molecule has 0 bridgehead atoms. The van der Waals surface area contributed by atoms with Crippen molar-refractivity contribution in [3.05, 3.63) is 35.7 Å². The standard InChI is InChI=1S/C10H6N2S2/c1-3-7(8-5-2-6-13-8)10-9(4-1)14-12-11-10/h1-6H. The third-order valence-corrected chi connectivity index (χ3v) is 3.66. The van der Waals surface area contributed by atoms with Crippen LogP contribution < -0.4 is 0 Å². The average Bonchev–Trinajstić information content (AvgIpc) is 2.88. The topological polar surface area (TPSA) is 25.8 Å². The van der Waals surface area contributed by atoms with Crippen molar-refractivity contribution in [3.63, 3.8) is 0 Å². The molecule has 14 heavy (non-hydrogen) atoms. The Labute approximate surface area is 89.0 Å². The maximum Gasteiger partial charge on any atom is 0.114 e.